The third kappa shape index (κ3) is 3.41. The van der Waals surface area contributed by atoms with Crippen LogP contribution < -0.4 is 5.32 Å². The molecule has 2 aromatic carbocycles. The van der Waals surface area contributed by atoms with E-state index in [0.29, 0.717) is 17.7 Å². The molecule has 0 radical (unpaired) electrons. The fraction of sp³-hybridized carbons (Fsp3) is 0.188. The summed E-state index contributed by atoms with van der Waals surface area (Å²) in [6, 6.07) is 12.2. The predicted octanol–water partition coefficient (Wildman–Crippen LogP) is 3.37. The molecule has 2 aromatic rings. The minimum atomic E-state index is -0.228. The maximum absolute atomic E-state index is 13.1. The fourth-order valence-electron chi connectivity index (χ4n) is 1.81. The summed E-state index contributed by atoms with van der Waals surface area (Å²) in [5.41, 5.74) is 3.22. The van der Waals surface area contributed by atoms with Crippen molar-refractivity contribution in [1.82, 2.24) is 5.32 Å². The van der Waals surface area contributed by atoms with Gasteiger partial charge in [0, 0.05) is 12.1 Å². The third-order valence-corrected chi connectivity index (χ3v) is 2.99. The van der Waals surface area contributed by atoms with Crippen molar-refractivity contribution in [3.63, 3.8) is 0 Å². The second kappa shape index (κ2) is 5.65. The van der Waals surface area contributed by atoms with Crippen LogP contribution in [-0.4, -0.2) is 5.91 Å². The number of hydrogen-bond acceptors (Lipinski definition) is 1. The van der Waals surface area contributed by atoms with E-state index in [1.54, 1.807) is 31.2 Å². The summed E-state index contributed by atoms with van der Waals surface area (Å²) < 4.78 is 13.1. The quantitative estimate of drug-likeness (QED) is 0.897. The van der Waals surface area contributed by atoms with E-state index in [4.69, 9.17) is 0 Å². The van der Waals surface area contributed by atoms with Crippen molar-refractivity contribution < 1.29 is 9.18 Å². The Kier molecular flexibility index (Phi) is 3.95. The van der Waals surface area contributed by atoms with Gasteiger partial charge in [-0.1, -0.05) is 29.8 Å². The molecule has 0 aliphatic rings. The Morgan fingerprint density at radius 2 is 1.79 bits per heavy atom. The number of carbonyl (C=O) groups excluding carboxylic acids is 1. The van der Waals surface area contributed by atoms with Gasteiger partial charge in [0.2, 0.25) is 0 Å². The monoisotopic (exact) mass is 257 g/mol. The van der Waals surface area contributed by atoms with Gasteiger partial charge in [0.05, 0.1) is 0 Å². The Hall–Kier alpha value is -2.16. The zero-order valence-corrected chi connectivity index (χ0v) is 11.0. The number of nitrogens with one attached hydrogen (secondary N) is 1. The normalized spacial score (nSPS) is 10.3. The van der Waals surface area contributed by atoms with Gasteiger partial charge in [0.1, 0.15) is 5.82 Å². The molecule has 0 atom stereocenters. The number of benzene rings is 2. The molecule has 0 spiro atoms. The van der Waals surface area contributed by atoms with Gasteiger partial charge in [0.15, 0.2) is 0 Å². The van der Waals surface area contributed by atoms with Crippen molar-refractivity contribution in [1.29, 1.82) is 0 Å². The number of amides is 1. The van der Waals surface area contributed by atoms with E-state index in [-0.39, 0.29) is 11.7 Å². The highest BCUT2D eigenvalue weighted by molar-refractivity contribution is 5.94. The van der Waals surface area contributed by atoms with Crippen molar-refractivity contribution >= 4 is 5.91 Å². The van der Waals surface area contributed by atoms with Gasteiger partial charge in [-0.3, -0.25) is 4.79 Å². The lowest BCUT2D eigenvalue weighted by atomic mass is 10.1. The molecule has 0 aliphatic heterocycles. The van der Waals surface area contributed by atoms with Crippen LogP contribution in [0.5, 0.6) is 0 Å². The van der Waals surface area contributed by atoms with Crippen LogP contribution in [0.25, 0.3) is 0 Å². The molecule has 1 N–H and O–H groups in total. The van der Waals surface area contributed by atoms with Gasteiger partial charge in [-0.25, -0.2) is 4.39 Å². The van der Waals surface area contributed by atoms with Gasteiger partial charge in [0.25, 0.3) is 5.91 Å². The highest BCUT2D eigenvalue weighted by Crippen LogP contribution is 2.09. The summed E-state index contributed by atoms with van der Waals surface area (Å²) in [7, 11) is 0. The van der Waals surface area contributed by atoms with Crippen LogP contribution in [-0.2, 0) is 6.54 Å². The van der Waals surface area contributed by atoms with Gasteiger partial charge in [-0.05, 0) is 43.2 Å². The van der Waals surface area contributed by atoms with Crippen molar-refractivity contribution in [3.8, 4) is 0 Å². The second-order valence-electron chi connectivity index (χ2n) is 4.63. The number of hydrogen-bond donors (Lipinski definition) is 1. The average Bonchev–Trinajstić information content (AvgIpc) is 2.40. The first kappa shape index (κ1) is 13.3. The van der Waals surface area contributed by atoms with Crippen LogP contribution in [0.3, 0.4) is 0 Å². The van der Waals surface area contributed by atoms with Crippen LogP contribution in [0.1, 0.15) is 27.0 Å². The van der Waals surface area contributed by atoms with Crippen LogP contribution in [0.2, 0.25) is 0 Å². The van der Waals surface area contributed by atoms with E-state index in [1.807, 2.05) is 19.1 Å². The molecular formula is C16H16FNO. The van der Waals surface area contributed by atoms with Gasteiger partial charge in [-0.15, -0.1) is 0 Å². The summed E-state index contributed by atoms with van der Waals surface area (Å²) in [4.78, 5) is 11.9. The SMILES string of the molecule is Cc1ccc(C(=O)NCc2ccc(F)c(C)c2)cc1. The highest BCUT2D eigenvalue weighted by atomic mass is 19.1. The Labute approximate surface area is 112 Å². The Balaban J connectivity index is 2.00. The molecule has 2 rings (SSSR count). The lowest BCUT2D eigenvalue weighted by Crippen LogP contribution is -2.22. The van der Waals surface area contributed by atoms with Crippen molar-refractivity contribution in [2.75, 3.05) is 0 Å². The van der Waals surface area contributed by atoms with Crippen LogP contribution >= 0.6 is 0 Å². The lowest BCUT2D eigenvalue weighted by Gasteiger charge is -2.07. The smallest absolute Gasteiger partial charge is 0.251 e. The molecule has 0 aliphatic carbocycles. The summed E-state index contributed by atoms with van der Waals surface area (Å²) in [5.74, 6) is -0.351. The van der Waals surface area contributed by atoms with E-state index in [0.717, 1.165) is 11.1 Å². The molecule has 0 bridgehead atoms. The van der Waals surface area contributed by atoms with Gasteiger partial charge >= 0.3 is 0 Å². The van der Waals surface area contributed by atoms with Crippen molar-refractivity contribution in [3.05, 3.63) is 70.5 Å². The lowest BCUT2D eigenvalue weighted by molar-refractivity contribution is 0.0951. The minimum Gasteiger partial charge on any atom is -0.348 e. The number of halogens is 1. The van der Waals surface area contributed by atoms with E-state index in [1.165, 1.54) is 6.07 Å². The first-order valence-electron chi connectivity index (χ1n) is 6.16. The van der Waals surface area contributed by atoms with E-state index >= 15 is 0 Å². The molecule has 2 nitrogen and oxygen atoms in total. The summed E-state index contributed by atoms with van der Waals surface area (Å²) in [6.45, 7) is 4.08. The number of aryl methyl sites for hydroxylation is 2. The standard InChI is InChI=1S/C16H16FNO/c1-11-3-6-14(7-4-11)16(19)18-10-13-5-8-15(17)12(2)9-13/h3-9H,10H2,1-2H3,(H,18,19). The van der Waals surface area contributed by atoms with Gasteiger partial charge < -0.3 is 5.32 Å². The summed E-state index contributed by atoms with van der Waals surface area (Å²) >= 11 is 0. The van der Waals surface area contributed by atoms with Crippen LogP contribution in [0.4, 0.5) is 4.39 Å². The molecule has 0 heterocycles. The minimum absolute atomic E-state index is 0.123. The van der Waals surface area contributed by atoms with E-state index in [2.05, 4.69) is 5.32 Å². The first-order valence-corrected chi connectivity index (χ1v) is 6.16. The zero-order valence-electron chi connectivity index (χ0n) is 11.0. The number of carbonyl (C=O) groups is 1. The highest BCUT2D eigenvalue weighted by Gasteiger charge is 2.05. The fourth-order valence-corrected chi connectivity index (χ4v) is 1.81. The largest absolute Gasteiger partial charge is 0.348 e. The molecule has 19 heavy (non-hydrogen) atoms. The molecule has 1 amide bonds. The third-order valence-electron chi connectivity index (χ3n) is 2.99. The molecule has 0 saturated heterocycles. The number of rotatable bonds is 3. The van der Waals surface area contributed by atoms with Gasteiger partial charge in [-0.2, -0.15) is 0 Å². The summed E-state index contributed by atoms with van der Waals surface area (Å²) in [6.07, 6.45) is 0. The van der Waals surface area contributed by atoms with E-state index < -0.39 is 0 Å². The Bertz CT molecular complexity index is 590. The first-order chi connectivity index (χ1) is 9.06. The predicted molar refractivity (Wildman–Crippen MR) is 73.5 cm³/mol. The molecular weight excluding hydrogens is 241 g/mol. The molecule has 0 saturated carbocycles. The Morgan fingerprint density at radius 3 is 2.42 bits per heavy atom. The van der Waals surface area contributed by atoms with Crippen LogP contribution in [0.15, 0.2) is 42.5 Å². The van der Waals surface area contributed by atoms with Crippen LogP contribution in [0, 0.1) is 19.7 Å². The molecule has 3 heteroatoms. The summed E-state index contributed by atoms with van der Waals surface area (Å²) in [5, 5.41) is 2.82. The molecule has 0 fully saturated rings. The maximum atomic E-state index is 13.1. The second-order valence-corrected chi connectivity index (χ2v) is 4.63. The zero-order chi connectivity index (χ0) is 13.8. The molecule has 98 valence electrons. The van der Waals surface area contributed by atoms with E-state index in [9.17, 15) is 9.18 Å². The molecule has 0 aromatic heterocycles. The van der Waals surface area contributed by atoms with Crippen molar-refractivity contribution in [2.24, 2.45) is 0 Å². The molecule has 0 unspecified atom stereocenters. The Morgan fingerprint density at radius 1 is 1.11 bits per heavy atom. The van der Waals surface area contributed by atoms with Crippen molar-refractivity contribution in [2.45, 2.75) is 20.4 Å². The maximum Gasteiger partial charge on any atom is 0.251 e. The topological polar surface area (TPSA) is 29.1 Å². The average molecular weight is 257 g/mol.